The molecule has 9 aromatic carbocycles. The van der Waals surface area contributed by atoms with Gasteiger partial charge in [-0.1, -0.05) is 182 Å². The number of nitrogens with zero attached hydrogens (tertiary/aromatic N) is 4. The Morgan fingerprint density at radius 1 is 0.317 bits per heavy atom. The van der Waals surface area contributed by atoms with Crippen LogP contribution in [0.15, 0.2) is 206 Å². The van der Waals surface area contributed by atoms with Crippen LogP contribution < -0.4 is 0 Å². The first-order chi connectivity index (χ1) is 29.8. The summed E-state index contributed by atoms with van der Waals surface area (Å²) in [4.78, 5) is 15.2. The molecule has 0 unspecified atom stereocenters. The van der Waals surface area contributed by atoms with Crippen molar-refractivity contribution in [1.29, 1.82) is 0 Å². The molecule has 0 bridgehead atoms. The predicted molar refractivity (Wildman–Crippen MR) is 244 cm³/mol. The summed E-state index contributed by atoms with van der Waals surface area (Å²) in [5, 5.41) is 5.17. The molecule has 0 aliphatic heterocycles. The molecule has 11 aromatic rings. The second kappa shape index (κ2) is 12.5. The normalized spacial score (nSPS) is 13.1. The molecule has 0 amide bonds. The third-order valence-electron chi connectivity index (χ3n) is 12.8. The van der Waals surface area contributed by atoms with Crippen molar-refractivity contribution in [2.75, 3.05) is 0 Å². The fraction of sp³-hybridized carbons (Fsp3) is 0.0179. The molecule has 2 aliphatic rings. The Morgan fingerprint density at radius 2 is 0.800 bits per heavy atom. The lowest BCUT2D eigenvalue weighted by atomic mass is 9.63. The van der Waals surface area contributed by atoms with Gasteiger partial charge in [0.2, 0.25) is 0 Å². The smallest absolute Gasteiger partial charge is 0.164 e. The van der Waals surface area contributed by atoms with E-state index in [-0.39, 0.29) is 0 Å². The Hall–Kier alpha value is -7.95. The fourth-order valence-corrected chi connectivity index (χ4v) is 10.5. The number of hydrogen-bond donors (Lipinski definition) is 0. The van der Waals surface area contributed by atoms with Gasteiger partial charge in [-0.3, -0.25) is 0 Å². The average Bonchev–Trinajstić information content (AvgIpc) is 3.82. The quantitative estimate of drug-likeness (QED) is 0.175. The average molecular weight is 763 g/mol. The van der Waals surface area contributed by atoms with Crippen LogP contribution >= 0.6 is 0 Å². The molecule has 4 heteroatoms. The van der Waals surface area contributed by atoms with E-state index in [0.717, 1.165) is 22.4 Å². The third-order valence-corrected chi connectivity index (χ3v) is 12.8. The molecule has 4 nitrogen and oxygen atoms in total. The summed E-state index contributed by atoms with van der Waals surface area (Å²) in [6, 6.07) is 74.4. The highest BCUT2D eigenvalue weighted by atomic mass is 15.0. The van der Waals surface area contributed by atoms with Gasteiger partial charge >= 0.3 is 0 Å². The van der Waals surface area contributed by atoms with Gasteiger partial charge in [0, 0.05) is 33.2 Å². The third kappa shape index (κ3) is 4.47. The molecule has 0 radical (unpaired) electrons. The van der Waals surface area contributed by atoms with Crippen LogP contribution in [-0.4, -0.2) is 19.5 Å². The minimum atomic E-state index is -0.498. The Balaban J connectivity index is 1.13. The van der Waals surface area contributed by atoms with Gasteiger partial charge < -0.3 is 4.57 Å². The maximum atomic E-state index is 5.12. The summed E-state index contributed by atoms with van der Waals surface area (Å²) in [5.74, 6) is 1.92. The minimum Gasteiger partial charge on any atom is -0.309 e. The second-order valence-electron chi connectivity index (χ2n) is 15.9. The van der Waals surface area contributed by atoms with Crippen LogP contribution in [0.1, 0.15) is 22.3 Å². The van der Waals surface area contributed by atoms with E-state index < -0.39 is 5.41 Å². The SMILES string of the molecule is c1ccc(-c2nc(-c3ccccc3)nc(-c3cccc(-n4c5cccc6c5c5c7c(cccc7c(-c7ccccc7)cc54)C64c5ccccc5-c5ccccc54)c3)n2)cc1. The largest absolute Gasteiger partial charge is 0.309 e. The summed E-state index contributed by atoms with van der Waals surface area (Å²) >= 11 is 0. The van der Waals surface area contributed by atoms with E-state index in [4.69, 9.17) is 15.0 Å². The van der Waals surface area contributed by atoms with Crippen LogP contribution in [0.3, 0.4) is 0 Å². The zero-order valence-electron chi connectivity index (χ0n) is 32.4. The van der Waals surface area contributed by atoms with E-state index in [9.17, 15) is 0 Å². The lowest BCUT2D eigenvalue weighted by Crippen LogP contribution is -2.30. The minimum absolute atomic E-state index is 0.498. The first-order valence-electron chi connectivity index (χ1n) is 20.5. The molecule has 13 rings (SSSR count). The molecule has 278 valence electrons. The molecule has 2 heterocycles. The van der Waals surface area contributed by atoms with Crippen molar-refractivity contribution in [2.45, 2.75) is 5.41 Å². The molecule has 2 aliphatic carbocycles. The van der Waals surface area contributed by atoms with Gasteiger partial charge in [-0.05, 0) is 79.5 Å². The lowest BCUT2D eigenvalue weighted by Gasteiger charge is -2.38. The number of aromatic nitrogens is 4. The summed E-state index contributed by atoms with van der Waals surface area (Å²) in [7, 11) is 0. The van der Waals surface area contributed by atoms with Gasteiger partial charge in [0.25, 0.3) is 0 Å². The van der Waals surface area contributed by atoms with Crippen molar-refractivity contribution in [3.05, 3.63) is 229 Å². The number of benzene rings is 9. The summed E-state index contributed by atoms with van der Waals surface area (Å²) in [6.07, 6.45) is 0. The Kier molecular flexibility index (Phi) is 6.90. The van der Waals surface area contributed by atoms with Crippen LogP contribution in [-0.2, 0) is 5.41 Å². The first-order valence-corrected chi connectivity index (χ1v) is 20.5. The molecule has 0 N–H and O–H groups in total. The monoisotopic (exact) mass is 762 g/mol. The highest BCUT2D eigenvalue weighted by Crippen LogP contribution is 2.62. The first kappa shape index (κ1) is 33.1. The number of hydrogen-bond acceptors (Lipinski definition) is 3. The Morgan fingerprint density at radius 3 is 1.43 bits per heavy atom. The standard InChI is InChI=1S/C56H34N4/c1-4-17-35(18-5-1)43-34-49-52-50-42(43)27-15-30-46(50)56(44-28-12-10-25-40(44)41-26-11-13-29-45(41)56)47-31-16-32-48(51(47)52)60(49)39-24-14-23-38(33-39)55-58-53(36-19-6-2-7-20-36)57-54(59-55)37-21-8-3-9-22-37/h1-34H. The lowest BCUT2D eigenvalue weighted by molar-refractivity contribution is 0.783. The van der Waals surface area contributed by atoms with Crippen LogP contribution in [0.5, 0.6) is 0 Å². The number of fused-ring (bicyclic) bond motifs is 7. The van der Waals surface area contributed by atoms with Gasteiger partial charge in [0.15, 0.2) is 17.5 Å². The van der Waals surface area contributed by atoms with Crippen molar-refractivity contribution in [3.8, 4) is 62.1 Å². The molecule has 0 saturated carbocycles. The highest BCUT2D eigenvalue weighted by molar-refractivity contribution is 6.29. The molecular weight excluding hydrogens is 729 g/mol. The van der Waals surface area contributed by atoms with Crippen molar-refractivity contribution in [1.82, 2.24) is 19.5 Å². The maximum absolute atomic E-state index is 5.12. The maximum Gasteiger partial charge on any atom is 0.164 e. The van der Waals surface area contributed by atoms with Crippen LogP contribution in [0.2, 0.25) is 0 Å². The molecule has 0 atom stereocenters. The summed E-state index contributed by atoms with van der Waals surface area (Å²) in [6.45, 7) is 0. The van der Waals surface area contributed by atoms with Crippen molar-refractivity contribution >= 4 is 32.6 Å². The molecule has 0 saturated heterocycles. The van der Waals surface area contributed by atoms with Crippen LogP contribution in [0.4, 0.5) is 0 Å². The van der Waals surface area contributed by atoms with E-state index >= 15 is 0 Å². The van der Waals surface area contributed by atoms with Crippen molar-refractivity contribution in [3.63, 3.8) is 0 Å². The highest BCUT2D eigenvalue weighted by Gasteiger charge is 2.50. The Bertz CT molecular complexity index is 3430. The van der Waals surface area contributed by atoms with Crippen molar-refractivity contribution in [2.24, 2.45) is 0 Å². The zero-order valence-corrected chi connectivity index (χ0v) is 32.4. The fourth-order valence-electron chi connectivity index (χ4n) is 10.5. The molecule has 1 spiro atoms. The van der Waals surface area contributed by atoms with Crippen molar-refractivity contribution < 1.29 is 0 Å². The van der Waals surface area contributed by atoms with E-state index in [0.29, 0.717) is 17.5 Å². The molecular formula is C56H34N4. The van der Waals surface area contributed by atoms with Crippen LogP contribution in [0, 0.1) is 0 Å². The number of rotatable bonds is 5. The predicted octanol–water partition coefficient (Wildman–Crippen LogP) is 13.5. The summed E-state index contributed by atoms with van der Waals surface area (Å²) < 4.78 is 2.48. The molecule has 2 aromatic heterocycles. The molecule has 0 fully saturated rings. The van der Waals surface area contributed by atoms with Gasteiger partial charge in [-0.2, -0.15) is 0 Å². The summed E-state index contributed by atoms with van der Waals surface area (Å²) in [5.41, 5.74) is 16.1. The Labute approximate surface area is 346 Å². The van der Waals surface area contributed by atoms with E-state index in [2.05, 4.69) is 174 Å². The van der Waals surface area contributed by atoms with E-state index in [1.165, 1.54) is 77.1 Å². The zero-order chi connectivity index (χ0) is 39.4. The van der Waals surface area contributed by atoms with Gasteiger partial charge in [0.05, 0.1) is 16.4 Å². The topological polar surface area (TPSA) is 43.6 Å². The van der Waals surface area contributed by atoms with E-state index in [1.807, 2.05) is 36.4 Å². The van der Waals surface area contributed by atoms with Crippen LogP contribution in [0.25, 0.3) is 94.7 Å². The van der Waals surface area contributed by atoms with Gasteiger partial charge in [-0.15, -0.1) is 0 Å². The second-order valence-corrected chi connectivity index (χ2v) is 15.9. The van der Waals surface area contributed by atoms with Gasteiger partial charge in [-0.25, -0.2) is 15.0 Å². The van der Waals surface area contributed by atoms with E-state index in [1.54, 1.807) is 0 Å². The molecule has 60 heavy (non-hydrogen) atoms. The van der Waals surface area contributed by atoms with Gasteiger partial charge in [0.1, 0.15) is 0 Å².